The molecule has 1 rings (SSSR count). The maximum absolute atomic E-state index is 10.5. The van der Waals surface area contributed by atoms with Gasteiger partial charge in [-0.2, -0.15) is 0 Å². The highest BCUT2D eigenvalue weighted by Crippen LogP contribution is 1.91. The zero-order valence-corrected chi connectivity index (χ0v) is 7.77. The van der Waals surface area contributed by atoms with Crippen LogP contribution in [0.3, 0.4) is 0 Å². The van der Waals surface area contributed by atoms with Crippen molar-refractivity contribution in [1.29, 1.82) is 0 Å². The second-order valence-electron chi connectivity index (χ2n) is 1.84. The minimum absolute atomic E-state index is 0.0752. The molecule has 1 amide bonds. The second-order valence-corrected chi connectivity index (χ2v) is 2.64. The van der Waals surface area contributed by atoms with Crippen LogP contribution in [0.5, 0.6) is 0 Å². The summed E-state index contributed by atoms with van der Waals surface area (Å²) < 4.78 is 0. The molecule has 0 radical (unpaired) electrons. The summed E-state index contributed by atoms with van der Waals surface area (Å²) >= 11 is 9.53. The molecule has 0 fully saturated rings. The van der Waals surface area contributed by atoms with E-state index in [1.54, 1.807) is 11.2 Å². The summed E-state index contributed by atoms with van der Waals surface area (Å²) in [6.07, 6.45) is 1.59. The summed E-state index contributed by atoms with van der Waals surface area (Å²) in [5.41, 5.74) is 0. The molecule has 0 unspecified atom stereocenters. The Morgan fingerprint density at radius 1 is 1.73 bits per heavy atom. The van der Waals surface area contributed by atoms with E-state index < -0.39 is 0 Å². The molecule has 1 heterocycles. The normalized spacial score (nSPS) is 14.3. The van der Waals surface area contributed by atoms with E-state index >= 15 is 0 Å². The van der Waals surface area contributed by atoms with Gasteiger partial charge in [-0.3, -0.25) is 9.79 Å². The first-order chi connectivity index (χ1) is 5.22. The van der Waals surface area contributed by atoms with E-state index in [0.29, 0.717) is 0 Å². The Morgan fingerprint density at radius 3 is 2.45 bits per heavy atom. The quantitative estimate of drug-likeness (QED) is 0.538. The first kappa shape index (κ1) is 10.7. The van der Waals surface area contributed by atoms with E-state index in [0.717, 1.165) is 13.1 Å². The molecule has 0 aromatic carbocycles. The topological polar surface area (TPSA) is 32.7 Å². The zero-order valence-electron chi connectivity index (χ0n) is 6.26. The molecule has 0 N–H and O–H groups in total. The summed E-state index contributed by atoms with van der Waals surface area (Å²) in [4.78, 5) is 15.9. The lowest BCUT2D eigenvalue weighted by Crippen LogP contribution is -2.24. The van der Waals surface area contributed by atoms with Crippen LogP contribution < -0.4 is 0 Å². The van der Waals surface area contributed by atoms with Crippen LogP contribution in [0.15, 0.2) is 4.99 Å². The first-order valence-corrected chi connectivity index (χ1v) is 4.18. The van der Waals surface area contributed by atoms with Gasteiger partial charge in [0.25, 0.3) is 0 Å². The van der Waals surface area contributed by atoms with Crippen LogP contribution in [0, 0.1) is 0 Å². The van der Waals surface area contributed by atoms with Crippen LogP contribution in [0.25, 0.3) is 0 Å². The fraction of sp³-hybridized carbons (Fsp3) is 0.667. The largest absolute Gasteiger partial charge is 0.302 e. The van der Waals surface area contributed by atoms with Gasteiger partial charge in [0.2, 0.25) is 5.91 Å². The van der Waals surface area contributed by atoms with E-state index in [1.165, 1.54) is 6.92 Å². The third-order valence-electron chi connectivity index (χ3n) is 1.10. The Kier molecular flexibility index (Phi) is 6.27. The van der Waals surface area contributed by atoms with Crippen molar-refractivity contribution in [3.05, 3.63) is 0 Å². The van der Waals surface area contributed by atoms with Gasteiger partial charge in [-0.15, -0.1) is 23.2 Å². The number of aliphatic imine (C=N–C) groups is 1. The Morgan fingerprint density at radius 2 is 2.27 bits per heavy atom. The fourth-order valence-corrected chi connectivity index (χ4v) is 0.618. The smallest absolute Gasteiger partial charge is 0.224 e. The standard InChI is InChI=1S/C5H8N2O.CH2Cl2/c1-5(8)7-3-2-6-4-7;2-1-3/h4H,2-3H2,1H3;1H2. The predicted octanol–water partition coefficient (Wildman–Crippen LogP) is 1.30. The molecule has 64 valence electrons. The lowest BCUT2D eigenvalue weighted by molar-refractivity contribution is -0.124. The minimum Gasteiger partial charge on any atom is -0.302 e. The average Bonchev–Trinajstić information content (AvgIpc) is 2.38. The monoisotopic (exact) mass is 196 g/mol. The van der Waals surface area contributed by atoms with Crippen LogP contribution in [0.2, 0.25) is 0 Å². The summed E-state index contributed by atoms with van der Waals surface area (Å²) in [7, 11) is 0. The molecule has 11 heavy (non-hydrogen) atoms. The van der Waals surface area contributed by atoms with E-state index in [-0.39, 0.29) is 11.2 Å². The van der Waals surface area contributed by atoms with Gasteiger partial charge < -0.3 is 4.90 Å². The average molecular weight is 197 g/mol. The van der Waals surface area contributed by atoms with Crippen molar-refractivity contribution in [3.8, 4) is 0 Å². The van der Waals surface area contributed by atoms with E-state index in [2.05, 4.69) is 4.99 Å². The summed E-state index contributed by atoms with van der Waals surface area (Å²) in [6, 6.07) is 0. The Bertz CT molecular complexity index is 150. The van der Waals surface area contributed by atoms with Gasteiger partial charge in [0.05, 0.1) is 18.2 Å². The molecule has 0 aromatic rings. The van der Waals surface area contributed by atoms with Gasteiger partial charge in [0.15, 0.2) is 0 Å². The van der Waals surface area contributed by atoms with Crippen LogP contribution in [-0.4, -0.2) is 35.6 Å². The number of hydrogen-bond acceptors (Lipinski definition) is 2. The fourth-order valence-electron chi connectivity index (χ4n) is 0.618. The number of nitrogens with zero attached hydrogens (tertiary/aromatic N) is 2. The molecule has 3 nitrogen and oxygen atoms in total. The number of hydrogen-bond donors (Lipinski definition) is 0. The van der Waals surface area contributed by atoms with Gasteiger partial charge in [-0.25, -0.2) is 0 Å². The number of alkyl halides is 2. The van der Waals surface area contributed by atoms with Crippen LogP contribution in [0.4, 0.5) is 0 Å². The first-order valence-electron chi connectivity index (χ1n) is 3.11. The van der Waals surface area contributed by atoms with Gasteiger partial charge in [-0.1, -0.05) is 0 Å². The molecule has 0 saturated heterocycles. The van der Waals surface area contributed by atoms with Gasteiger partial charge >= 0.3 is 0 Å². The third-order valence-corrected chi connectivity index (χ3v) is 1.10. The number of carbonyl (C=O) groups is 1. The van der Waals surface area contributed by atoms with Gasteiger partial charge in [0.1, 0.15) is 0 Å². The maximum Gasteiger partial charge on any atom is 0.224 e. The molecule has 0 aliphatic carbocycles. The molecule has 0 saturated carbocycles. The SMILES string of the molecule is CC(=O)N1C=NCC1.ClCCl. The lowest BCUT2D eigenvalue weighted by atomic mass is 10.5. The van der Waals surface area contributed by atoms with Crippen molar-refractivity contribution in [1.82, 2.24) is 4.90 Å². The summed E-state index contributed by atoms with van der Waals surface area (Å²) in [5, 5.41) is 0.194. The number of amides is 1. The maximum atomic E-state index is 10.5. The second kappa shape index (κ2) is 6.43. The zero-order chi connectivity index (χ0) is 8.69. The molecule has 1 aliphatic heterocycles. The molecular formula is C6H10Cl2N2O. The summed E-state index contributed by atoms with van der Waals surface area (Å²) in [5.74, 6) is 0.0752. The number of halogens is 2. The number of rotatable bonds is 0. The van der Waals surface area contributed by atoms with E-state index in [4.69, 9.17) is 23.2 Å². The Hall–Kier alpha value is -0.280. The van der Waals surface area contributed by atoms with Crippen molar-refractivity contribution in [2.24, 2.45) is 4.99 Å². The Labute approximate surface area is 76.0 Å². The molecule has 0 atom stereocenters. The van der Waals surface area contributed by atoms with Gasteiger partial charge in [-0.05, 0) is 0 Å². The molecule has 1 aliphatic rings. The molecular weight excluding hydrogens is 187 g/mol. The third kappa shape index (κ3) is 5.04. The molecule has 5 heteroatoms. The molecule has 0 bridgehead atoms. The van der Waals surface area contributed by atoms with Crippen LogP contribution in [-0.2, 0) is 4.79 Å². The van der Waals surface area contributed by atoms with E-state index in [1.807, 2.05) is 0 Å². The molecule has 0 aromatic heterocycles. The molecule has 0 spiro atoms. The van der Waals surface area contributed by atoms with Crippen molar-refractivity contribution in [3.63, 3.8) is 0 Å². The minimum atomic E-state index is 0.0752. The number of carbonyl (C=O) groups excluding carboxylic acids is 1. The van der Waals surface area contributed by atoms with Crippen molar-refractivity contribution >= 4 is 35.4 Å². The van der Waals surface area contributed by atoms with E-state index in [9.17, 15) is 4.79 Å². The predicted molar refractivity (Wildman–Crippen MR) is 47.3 cm³/mol. The van der Waals surface area contributed by atoms with Gasteiger partial charge in [0, 0.05) is 13.5 Å². The highest BCUT2D eigenvalue weighted by atomic mass is 35.5. The van der Waals surface area contributed by atoms with Crippen LogP contribution >= 0.6 is 23.2 Å². The lowest BCUT2D eigenvalue weighted by Gasteiger charge is -2.05. The highest BCUT2D eigenvalue weighted by molar-refractivity contribution is 6.40. The summed E-state index contributed by atoms with van der Waals surface area (Å²) in [6.45, 7) is 3.06. The van der Waals surface area contributed by atoms with Crippen molar-refractivity contribution < 1.29 is 4.79 Å². The van der Waals surface area contributed by atoms with Crippen LogP contribution in [0.1, 0.15) is 6.92 Å². The highest BCUT2D eigenvalue weighted by Gasteiger charge is 2.07. The van der Waals surface area contributed by atoms with Crippen molar-refractivity contribution in [2.75, 3.05) is 18.4 Å². The Balaban J connectivity index is 0.000000292. The van der Waals surface area contributed by atoms with Crippen molar-refractivity contribution in [2.45, 2.75) is 6.92 Å².